The molecule has 1 saturated carbocycles. The van der Waals surface area contributed by atoms with E-state index in [9.17, 15) is 27.7 Å². The highest BCUT2D eigenvalue weighted by molar-refractivity contribution is 5.92. The molecule has 0 spiro atoms. The number of benzene rings is 2. The van der Waals surface area contributed by atoms with Crippen molar-refractivity contribution in [1.82, 2.24) is 10.3 Å². The van der Waals surface area contributed by atoms with E-state index in [-0.39, 0.29) is 23.6 Å². The minimum Gasteiger partial charge on any atom is -0.490 e. The number of ether oxygens (including phenoxy) is 1. The van der Waals surface area contributed by atoms with Crippen LogP contribution in [0.5, 0.6) is 5.75 Å². The molecule has 0 bridgehead atoms. The molecule has 4 rings (SSSR count). The molecule has 1 aliphatic carbocycles. The van der Waals surface area contributed by atoms with Gasteiger partial charge in [-0.1, -0.05) is 6.07 Å². The van der Waals surface area contributed by atoms with Crippen molar-refractivity contribution in [2.45, 2.75) is 37.7 Å². The van der Waals surface area contributed by atoms with Crippen LogP contribution in [0, 0.1) is 15.9 Å². The number of rotatable bonds is 6. The molecular weight excluding hydrogens is 418 g/mol. The van der Waals surface area contributed by atoms with E-state index in [1.54, 1.807) is 18.3 Å². The summed E-state index contributed by atoms with van der Waals surface area (Å²) in [6.07, 6.45) is -0.878. The summed E-state index contributed by atoms with van der Waals surface area (Å²) in [6.45, 7) is 0.463. The van der Waals surface area contributed by atoms with Crippen molar-refractivity contribution in [3.63, 3.8) is 0 Å². The Bertz CT molecular complexity index is 1130. The number of hydrogen-bond donors (Lipinski definition) is 1. The standard InChI is InChI=1S/C21H17F4N3O3/c22-19-3-2-14(9-18(19)21(23,24)25)31-15-7-13(8-15)27-10-12-1-4-20(28(29)30)17-11-26-6-5-16(12)17/h1-6,9,11,13,15,27H,7-8,10H2/t13-,15-. The Morgan fingerprint density at radius 3 is 2.65 bits per heavy atom. The Labute approximate surface area is 174 Å². The number of nitro groups is 1. The largest absolute Gasteiger partial charge is 0.490 e. The number of nitrogens with one attached hydrogen (secondary N) is 1. The summed E-state index contributed by atoms with van der Waals surface area (Å²) in [4.78, 5) is 14.7. The Morgan fingerprint density at radius 1 is 1.16 bits per heavy atom. The Balaban J connectivity index is 1.36. The molecule has 162 valence electrons. The number of fused-ring (bicyclic) bond motifs is 1. The number of non-ortho nitro benzene ring substituents is 1. The summed E-state index contributed by atoms with van der Waals surface area (Å²) in [7, 11) is 0. The molecule has 0 amide bonds. The van der Waals surface area contributed by atoms with E-state index >= 15 is 0 Å². The first-order valence-electron chi connectivity index (χ1n) is 9.49. The van der Waals surface area contributed by atoms with Gasteiger partial charge in [-0.25, -0.2) is 4.39 Å². The van der Waals surface area contributed by atoms with E-state index in [0.717, 1.165) is 17.0 Å². The molecule has 0 atom stereocenters. The lowest BCUT2D eigenvalue weighted by Gasteiger charge is -2.36. The number of pyridine rings is 1. The average molecular weight is 435 g/mol. The molecule has 3 aromatic rings. The summed E-state index contributed by atoms with van der Waals surface area (Å²) < 4.78 is 57.4. The van der Waals surface area contributed by atoms with Gasteiger partial charge in [0.15, 0.2) is 0 Å². The molecule has 1 fully saturated rings. The molecule has 0 saturated heterocycles. The average Bonchev–Trinajstić information content (AvgIpc) is 2.69. The third kappa shape index (κ3) is 4.43. The van der Waals surface area contributed by atoms with Gasteiger partial charge in [-0.15, -0.1) is 0 Å². The molecule has 1 aromatic heterocycles. The van der Waals surface area contributed by atoms with Crippen LogP contribution in [0.3, 0.4) is 0 Å². The Morgan fingerprint density at radius 2 is 1.94 bits per heavy atom. The van der Waals surface area contributed by atoms with Crippen molar-refractivity contribution in [3.05, 3.63) is 75.9 Å². The predicted molar refractivity (Wildman–Crippen MR) is 104 cm³/mol. The SMILES string of the molecule is O=[N+]([O-])c1ccc(CN[C@H]2C[C@H](Oc3ccc(F)c(C(F)(F)F)c3)C2)c2ccncc12. The minimum atomic E-state index is -4.78. The number of nitrogens with zero attached hydrogens (tertiary/aromatic N) is 2. The third-order valence-electron chi connectivity index (χ3n) is 5.30. The van der Waals surface area contributed by atoms with Crippen LogP contribution in [0.2, 0.25) is 0 Å². The fourth-order valence-corrected chi connectivity index (χ4v) is 3.62. The van der Waals surface area contributed by atoms with Crippen molar-refractivity contribution >= 4 is 16.5 Å². The molecule has 2 aromatic carbocycles. The van der Waals surface area contributed by atoms with E-state index in [1.165, 1.54) is 18.3 Å². The maximum Gasteiger partial charge on any atom is 0.419 e. The van der Waals surface area contributed by atoms with Gasteiger partial charge in [-0.3, -0.25) is 15.1 Å². The lowest BCUT2D eigenvalue weighted by atomic mass is 9.89. The Hall–Kier alpha value is -3.27. The lowest BCUT2D eigenvalue weighted by molar-refractivity contribution is -0.383. The Kier molecular flexibility index (Phi) is 5.48. The quantitative estimate of drug-likeness (QED) is 0.335. The van der Waals surface area contributed by atoms with Crippen molar-refractivity contribution in [2.24, 2.45) is 0 Å². The van der Waals surface area contributed by atoms with Gasteiger partial charge in [0.2, 0.25) is 0 Å². The van der Waals surface area contributed by atoms with E-state index in [4.69, 9.17) is 4.74 Å². The van der Waals surface area contributed by atoms with Crippen molar-refractivity contribution in [3.8, 4) is 5.75 Å². The van der Waals surface area contributed by atoms with E-state index < -0.39 is 22.5 Å². The normalized spacial score (nSPS) is 18.6. The second kappa shape index (κ2) is 8.10. The van der Waals surface area contributed by atoms with E-state index in [1.807, 2.05) is 0 Å². The van der Waals surface area contributed by atoms with E-state index in [2.05, 4.69) is 10.3 Å². The van der Waals surface area contributed by atoms with Crippen LogP contribution < -0.4 is 10.1 Å². The summed E-state index contributed by atoms with van der Waals surface area (Å²) >= 11 is 0. The van der Waals surface area contributed by atoms with Crippen LogP contribution in [-0.4, -0.2) is 22.1 Å². The van der Waals surface area contributed by atoms with Gasteiger partial charge < -0.3 is 10.1 Å². The number of alkyl halides is 3. The summed E-state index contributed by atoms with van der Waals surface area (Å²) in [5, 5.41) is 15.7. The fraction of sp³-hybridized carbons (Fsp3) is 0.286. The molecule has 1 N–H and O–H groups in total. The zero-order valence-corrected chi connectivity index (χ0v) is 16.0. The molecule has 1 aliphatic rings. The molecule has 0 aliphatic heterocycles. The molecule has 0 unspecified atom stereocenters. The van der Waals surface area contributed by atoms with Gasteiger partial charge in [0.25, 0.3) is 5.69 Å². The second-order valence-corrected chi connectivity index (χ2v) is 7.35. The second-order valence-electron chi connectivity index (χ2n) is 7.35. The van der Waals surface area contributed by atoms with E-state index in [0.29, 0.717) is 30.8 Å². The molecule has 6 nitrogen and oxygen atoms in total. The molecule has 10 heteroatoms. The first kappa shape index (κ1) is 21.0. The zero-order valence-electron chi connectivity index (χ0n) is 16.0. The molecular formula is C21H17F4N3O3. The number of halogens is 4. The van der Waals surface area contributed by atoms with Crippen molar-refractivity contribution < 1.29 is 27.2 Å². The highest BCUT2D eigenvalue weighted by atomic mass is 19.4. The maximum absolute atomic E-state index is 13.4. The monoisotopic (exact) mass is 435 g/mol. The van der Waals surface area contributed by atoms with Gasteiger partial charge in [-0.2, -0.15) is 13.2 Å². The van der Waals surface area contributed by atoms with Crippen LogP contribution in [0.1, 0.15) is 24.0 Å². The first-order valence-corrected chi connectivity index (χ1v) is 9.49. The van der Waals surface area contributed by atoms with Gasteiger partial charge >= 0.3 is 6.18 Å². The number of aromatic nitrogens is 1. The topological polar surface area (TPSA) is 77.3 Å². The highest BCUT2D eigenvalue weighted by Gasteiger charge is 2.35. The molecule has 0 radical (unpaired) electrons. The van der Waals surface area contributed by atoms with Crippen LogP contribution in [-0.2, 0) is 12.7 Å². The van der Waals surface area contributed by atoms with Crippen LogP contribution in [0.4, 0.5) is 23.2 Å². The zero-order chi connectivity index (χ0) is 22.2. The van der Waals surface area contributed by atoms with Crippen molar-refractivity contribution in [1.29, 1.82) is 0 Å². The van der Waals surface area contributed by atoms with Gasteiger partial charge in [-0.05, 0) is 48.1 Å². The molecule has 1 heterocycles. The molecule has 31 heavy (non-hydrogen) atoms. The third-order valence-corrected chi connectivity index (χ3v) is 5.30. The number of hydrogen-bond acceptors (Lipinski definition) is 5. The lowest BCUT2D eigenvalue weighted by Crippen LogP contribution is -2.46. The first-order chi connectivity index (χ1) is 14.7. The smallest absolute Gasteiger partial charge is 0.419 e. The number of nitro benzene ring substituents is 1. The summed E-state index contributed by atoms with van der Waals surface area (Å²) in [5.41, 5.74) is -0.485. The predicted octanol–water partition coefficient (Wildman–Crippen LogP) is 5.00. The summed E-state index contributed by atoms with van der Waals surface area (Å²) in [5.74, 6) is -1.36. The fourth-order valence-electron chi connectivity index (χ4n) is 3.62. The highest BCUT2D eigenvalue weighted by Crippen LogP contribution is 2.35. The summed E-state index contributed by atoms with van der Waals surface area (Å²) in [6, 6.07) is 7.55. The van der Waals surface area contributed by atoms with Crippen LogP contribution in [0.15, 0.2) is 48.8 Å². The van der Waals surface area contributed by atoms with Gasteiger partial charge in [0.1, 0.15) is 17.7 Å². The van der Waals surface area contributed by atoms with Gasteiger partial charge in [0.05, 0.1) is 15.9 Å². The van der Waals surface area contributed by atoms with Crippen LogP contribution in [0.25, 0.3) is 10.8 Å². The maximum atomic E-state index is 13.4. The van der Waals surface area contributed by atoms with Gasteiger partial charge in [0, 0.05) is 31.0 Å². The van der Waals surface area contributed by atoms with Crippen LogP contribution >= 0.6 is 0 Å². The minimum absolute atomic E-state index is 0.0125. The van der Waals surface area contributed by atoms with Crippen molar-refractivity contribution in [2.75, 3.05) is 0 Å².